The molecule has 5 heteroatoms. The molecule has 0 unspecified atom stereocenters. The second-order valence-corrected chi connectivity index (χ2v) is 5.10. The SMILES string of the molecule is Cc1cccc(Oc2cc(O)cc(Oc3cccc(C)n3)c2)n1. The number of pyridine rings is 2. The third-order valence-corrected chi connectivity index (χ3v) is 3.04. The van der Waals surface area contributed by atoms with E-state index in [9.17, 15) is 5.11 Å². The van der Waals surface area contributed by atoms with Crippen LogP contribution in [-0.4, -0.2) is 15.1 Å². The van der Waals surface area contributed by atoms with Gasteiger partial charge in [0.15, 0.2) is 0 Å². The fourth-order valence-corrected chi connectivity index (χ4v) is 2.07. The number of phenolic OH excluding ortho intramolecular Hbond substituents is 1. The Morgan fingerprint density at radius 3 is 1.65 bits per heavy atom. The Hall–Kier alpha value is -3.08. The van der Waals surface area contributed by atoms with Gasteiger partial charge in [0.25, 0.3) is 0 Å². The Kier molecular flexibility index (Phi) is 4.10. The molecule has 3 aromatic rings. The van der Waals surface area contributed by atoms with Crippen LogP contribution < -0.4 is 9.47 Å². The fourth-order valence-electron chi connectivity index (χ4n) is 2.07. The summed E-state index contributed by atoms with van der Waals surface area (Å²) in [5.74, 6) is 1.82. The molecule has 3 rings (SSSR count). The highest BCUT2D eigenvalue weighted by Gasteiger charge is 2.06. The summed E-state index contributed by atoms with van der Waals surface area (Å²) in [4.78, 5) is 8.53. The summed E-state index contributed by atoms with van der Waals surface area (Å²) in [6.07, 6.45) is 0. The standard InChI is InChI=1S/C18H16N2O3/c1-12-5-3-7-17(19-12)22-15-9-14(21)10-16(11-15)23-18-8-4-6-13(2)20-18/h3-11,21H,1-2H3. The maximum Gasteiger partial charge on any atom is 0.219 e. The maximum absolute atomic E-state index is 9.86. The molecule has 0 saturated heterocycles. The first kappa shape index (κ1) is 14.8. The molecule has 0 fully saturated rings. The second-order valence-electron chi connectivity index (χ2n) is 5.10. The zero-order chi connectivity index (χ0) is 16.2. The van der Waals surface area contributed by atoms with E-state index in [-0.39, 0.29) is 5.75 Å². The molecule has 1 aromatic carbocycles. The van der Waals surface area contributed by atoms with Crippen molar-refractivity contribution in [3.8, 4) is 29.0 Å². The van der Waals surface area contributed by atoms with Gasteiger partial charge in [-0.2, -0.15) is 0 Å². The normalized spacial score (nSPS) is 10.3. The van der Waals surface area contributed by atoms with E-state index in [0.29, 0.717) is 23.3 Å². The van der Waals surface area contributed by atoms with Crippen molar-refractivity contribution in [3.05, 3.63) is 66.0 Å². The molecule has 0 radical (unpaired) electrons. The van der Waals surface area contributed by atoms with Gasteiger partial charge in [0, 0.05) is 41.7 Å². The molecule has 23 heavy (non-hydrogen) atoms. The van der Waals surface area contributed by atoms with E-state index in [1.54, 1.807) is 18.2 Å². The van der Waals surface area contributed by atoms with Crippen LogP contribution in [0.2, 0.25) is 0 Å². The average molecular weight is 308 g/mol. The number of ether oxygens (including phenoxy) is 2. The topological polar surface area (TPSA) is 64.5 Å². The first-order chi connectivity index (χ1) is 11.1. The van der Waals surface area contributed by atoms with Gasteiger partial charge in [0.1, 0.15) is 17.2 Å². The molecule has 116 valence electrons. The van der Waals surface area contributed by atoms with E-state index in [1.807, 2.05) is 38.1 Å². The summed E-state index contributed by atoms with van der Waals surface area (Å²) in [5, 5.41) is 9.86. The lowest BCUT2D eigenvalue weighted by Gasteiger charge is -2.09. The van der Waals surface area contributed by atoms with Crippen LogP contribution in [0, 0.1) is 13.8 Å². The first-order valence-electron chi connectivity index (χ1n) is 7.15. The van der Waals surface area contributed by atoms with E-state index in [1.165, 1.54) is 12.1 Å². The molecule has 1 N–H and O–H groups in total. The van der Waals surface area contributed by atoms with Crippen molar-refractivity contribution in [2.24, 2.45) is 0 Å². The smallest absolute Gasteiger partial charge is 0.219 e. The predicted molar refractivity (Wildman–Crippen MR) is 86.2 cm³/mol. The van der Waals surface area contributed by atoms with Gasteiger partial charge in [-0.1, -0.05) is 12.1 Å². The summed E-state index contributed by atoms with van der Waals surface area (Å²) < 4.78 is 11.3. The van der Waals surface area contributed by atoms with Crippen molar-refractivity contribution < 1.29 is 14.6 Å². The summed E-state index contributed by atoms with van der Waals surface area (Å²) in [7, 11) is 0. The molecule has 5 nitrogen and oxygen atoms in total. The molecule has 0 aliphatic carbocycles. The number of aryl methyl sites for hydroxylation is 2. The number of hydrogen-bond acceptors (Lipinski definition) is 5. The Labute approximate surface area is 134 Å². The van der Waals surface area contributed by atoms with Gasteiger partial charge in [-0.15, -0.1) is 0 Å². The highest BCUT2D eigenvalue weighted by Crippen LogP contribution is 2.31. The number of phenols is 1. The van der Waals surface area contributed by atoms with Crippen molar-refractivity contribution in [1.29, 1.82) is 0 Å². The Balaban J connectivity index is 1.84. The van der Waals surface area contributed by atoms with E-state index in [0.717, 1.165) is 11.4 Å². The van der Waals surface area contributed by atoms with Gasteiger partial charge in [-0.05, 0) is 26.0 Å². The number of aromatic nitrogens is 2. The lowest BCUT2D eigenvalue weighted by Crippen LogP contribution is -1.92. The van der Waals surface area contributed by atoms with Crippen LogP contribution in [0.1, 0.15) is 11.4 Å². The molecule has 2 heterocycles. The van der Waals surface area contributed by atoms with Gasteiger partial charge in [-0.3, -0.25) is 0 Å². The van der Waals surface area contributed by atoms with E-state index >= 15 is 0 Å². The molecule has 0 amide bonds. The van der Waals surface area contributed by atoms with Gasteiger partial charge >= 0.3 is 0 Å². The Morgan fingerprint density at radius 2 is 1.22 bits per heavy atom. The third-order valence-electron chi connectivity index (χ3n) is 3.04. The van der Waals surface area contributed by atoms with Crippen molar-refractivity contribution >= 4 is 0 Å². The zero-order valence-electron chi connectivity index (χ0n) is 12.9. The highest BCUT2D eigenvalue weighted by molar-refractivity contribution is 5.44. The number of aromatic hydroxyl groups is 1. The summed E-state index contributed by atoms with van der Waals surface area (Å²) >= 11 is 0. The predicted octanol–water partition coefficient (Wildman–Crippen LogP) is 4.38. The molecular formula is C18H16N2O3. The quantitative estimate of drug-likeness (QED) is 0.774. The van der Waals surface area contributed by atoms with E-state index in [4.69, 9.17) is 9.47 Å². The van der Waals surface area contributed by atoms with Crippen molar-refractivity contribution in [2.75, 3.05) is 0 Å². The number of benzene rings is 1. The zero-order valence-corrected chi connectivity index (χ0v) is 12.9. The Morgan fingerprint density at radius 1 is 0.739 bits per heavy atom. The van der Waals surface area contributed by atoms with Crippen molar-refractivity contribution in [1.82, 2.24) is 9.97 Å². The molecule has 0 spiro atoms. The van der Waals surface area contributed by atoms with Crippen LogP contribution in [0.25, 0.3) is 0 Å². The number of rotatable bonds is 4. The van der Waals surface area contributed by atoms with Crippen LogP contribution in [0.3, 0.4) is 0 Å². The van der Waals surface area contributed by atoms with Gasteiger partial charge in [-0.25, -0.2) is 9.97 Å². The minimum Gasteiger partial charge on any atom is -0.508 e. The summed E-state index contributed by atoms with van der Waals surface area (Å²) in [6.45, 7) is 3.76. The lowest BCUT2D eigenvalue weighted by molar-refractivity contribution is 0.423. The largest absolute Gasteiger partial charge is 0.508 e. The monoisotopic (exact) mass is 308 g/mol. The molecule has 0 bridgehead atoms. The van der Waals surface area contributed by atoms with Crippen LogP contribution >= 0.6 is 0 Å². The van der Waals surface area contributed by atoms with Gasteiger partial charge < -0.3 is 14.6 Å². The second kappa shape index (κ2) is 6.36. The van der Waals surface area contributed by atoms with Gasteiger partial charge in [0.05, 0.1) is 0 Å². The number of hydrogen-bond donors (Lipinski definition) is 1. The highest BCUT2D eigenvalue weighted by atomic mass is 16.5. The van der Waals surface area contributed by atoms with E-state index in [2.05, 4.69) is 9.97 Å². The van der Waals surface area contributed by atoms with Crippen LogP contribution in [0.15, 0.2) is 54.6 Å². The molecule has 2 aromatic heterocycles. The van der Waals surface area contributed by atoms with Crippen LogP contribution in [-0.2, 0) is 0 Å². The van der Waals surface area contributed by atoms with Crippen LogP contribution in [0.4, 0.5) is 0 Å². The summed E-state index contributed by atoms with van der Waals surface area (Å²) in [5.41, 5.74) is 1.70. The van der Waals surface area contributed by atoms with Crippen LogP contribution in [0.5, 0.6) is 29.0 Å². The first-order valence-corrected chi connectivity index (χ1v) is 7.15. The third kappa shape index (κ3) is 3.97. The number of nitrogens with zero attached hydrogens (tertiary/aromatic N) is 2. The molecule has 0 aliphatic heterocycles. The van der Waals surface area contributed by atoms with Crippen molar-refractivity contribution in [3.63, 3.8) is 0 Å². The van der Waals surface area contributed by atoms with Crippen molar-refractivity contribution in [2.45, 2.75) is 13.8 Å². The molecule has 0 saturated carbocycles. The lowest BCUT2D eigenvalue weighted by atomic mass is 10.3. The maximum atomic E-state index is 9.86. The molecule has 0 atom stereocenters. The molecule has 0 aliphatic rings. The Bertz CT molecular complexity index is 768. The summed E-state index contributed by atoms with van der Waals surface area (Å²) in [6, 6.07) is 15.7. The fraction of sp³-hybridized carbons (Fsp3) is 0.111. The van der Waals surface area contributed by atoms with E-state index < -0.39 is 0 Å². The average Bonchev–Trinajstić information content (AvgIpc) is 2.46. The molecular weight excluding hydrogens is 292 g/mol. The minimum atomic E-state index is 0.0396. The minimum absolute atomic E-state index is 0.0396. The van der Waals surface area contributed by atoms with Gasteiger partial charge in [0.2, 0.25) is 11.8 Å².